The molecule has 0 heterocycles. The number of hydrogen-bond acceptors (Lipinski definition) is 2. The van der Waals surface area contributed by atoms with Gasteiger partial charge in [-0.3, -0.25) is 0 Å². The molecule has 0 aliphatic rings. The Kier molecular flexibility index (Phi) is 6.60. The van der Waals surface area contributed by atoms with Crippen LogP contribution in [-0.2, 0) is 11.2 Å². The molecule has 0 atom stereocenters. The van der Waals surface area contributed by atoms with Crippen LogP contribution in [0.3, 0.4) is 0 Å². The lowest BCUT2D eigenvalue weighted by Gasteiger charge is -1.96. The minimum absolute atomic E-state index is 0.347. The van der Waals surface area contributed by atoms with Crippen LogP contribution in [0.1, 0.15) is 25.8 Å². The van der Waals surface area contributed by atoms with E-state index < -0.39 is 0 Å². The van der Waals surface area contributed by atoms with E-state index in [9.17, 15) is 0 Å². The molecule has 0 saturated heterocycles. The Morgan fingerprint density at radius 1 is 1.31 bits per heavy atom. The molecule has 1 aromatic rings. The van der Waals surface area contributed by atoms with Gasteiger partial charge in [0.25, 0.3) is 0 Å². The Morgan fingerprint density at radius 2 is 1.77 bits per heavy atom. The molecule has 72 valence electrons. The second-order valence-corrected chi connectivity index (χ2v) is 2.65. The molecule has 0 bridgehead atoms. The molecule has 0 aliphatic heterocycles. The fourth-order valence-electron chi connectivity index (χ4n) is 0.951. The number of aryl methyl sites for hydroxylation is 1. The van der Waals surface area contributed by atoms with Gasteiger partial charge in [0.15, 0.2) is 0 Å². The maximum Gasteiger partial charge on any atom is 0.116 e. The molecule has 0 fully saturated rings. The van der Waals surface area contributed by atoms with Crippen LogP contribution in [-0.4, -0.2) is 11.4 Å². The Morgan fingerprint density at radius 3 is 2.15 bits per heavy atom. The number of rotatable bonds is 2. The van der Waals surface area contributed by atoms with Crippen molar-refractivity contribution in [3.63, 3.8) is 0 Å². The summed E-state index contributed by atoms with van der Waals surface area (Å²) in [4.78, 5) is 8.81. The first kappa shape index (κ1) is 11.7. The standard InChI is InChI=1S/C9H12O.C2H4O/c1-2-3-8-4-6-9(10)7-5-8;1-2-3/h4-7,10H,2-3H2,1H3;2H,1H3. The van der Waals surface area contributed by atoms with Crippen LogP contribution in [0, 0.1) is 0 Å². The fraction of sp³-hybridized carbons (Fsp3) is 0.364. The van der Waals surface area contributed by atoms with E-state index >= 15 is 0 Å². The van der Waals surface area contributed by atoms with Crippen LogP contribution >= 0.6 is 0 Å². The number of aromatic hydroxyl groups is 1. The highest BCUT2D eigenvalue weighted by Gasteiger charge is 1.89. The molecule has 2 heteroatoms. The van der Waals surface area contributed by atoms with Gasteiger partial charge in [0.1, 0.15) is 12.0 Å². The minimum atomic E-state index is 0.347. The molecule has 0 radical (unpaired) electrons. The number of benzene rings is 1. The summed E-state index contributed by atoms with van der Waals surface area (Å²) < 4.78 is 0. The van der Waals surface area contributed by atoms with Crippen LogP contribution < -0.4 is 0 Å². The topological polar surface area (TPSA) is 37.3 Å². The SMILES string of the molecule is CC=O.CCCc1ccc(O)cc1. The van der Waals surface area contributed by atoms with Crippen molar-refractivity contribution in [2.45, 2.75) is 26.7 Å². The van der Waals surface area contributed by atoms with Crippen LogP contribution in [0.2, 0.25) is 0 Å². The summed E-state index contributed by atoms with van der Waals surface area (Å²) in [5, 5.41) is 8.92. The Labute approximate surface area is 79.2 Å². The number of phenolic OH excluding ortho intramolecular Hbond substituents is 1. The highest BCUT2D eigenvalue weighted by molar-refractivity contribution is 5.44. The van der Waals surface area contributed by atoms with Gasteiger partial charge in [-0.2, -0.15) is 0 Å². The highest BCUT2D eigenvalue weighted by Crippen LogP contribution is 2.10. The number of aldehydes is 1. The van der Waals surface area contributed by atoms with Crippen LogP contribution in [0.15, 0.2) is 24.3 Å². The zero-order chi connectivity index (χ0) is 10.1. The smallest absolute Gasteiger partial charge is 0.116 e. The van der Waals surface area contributed by atoms with Gasteiger partial charge in [0.2, 0.25) is 0 Å². The zero-order valence-electron chi connectivity index (χ0n) is 8.16. The average Bonchev–Trinajstić information content (AvgIpc) is 2.11. The predicted molar refractivity (Wildman–Crippen MR) is 53.8 cm³/mol. The molecule has 1 aromatic carbocycles. The summed E-state index contributed by atoms with van der Waals surface area (Å²) in [6.45, 7) is 3.59. The third kappa shape index (κ3) is 5.91. The van der Waals surface area contributed by atoms with Crippen molar-refractivity contribution in [1.29, 1.82) is 0 Å². The first-order chi connectivity index (χ1) is 6.24. The van der Waals surface area contributed by atoms with E-state index in [1.807, 2.05) is 12.1 Å². The van der Waals surface area contributed by atoms with E-state index in [1.54, 1.807) is 12.1 Å². The molecule has 0 aliphatic carbocycles. The molecule has 0 saturated carbocycles. The Hall–Kier alpha value is -1.31. The first-order valence-electron chi connectivity index (χ1n) is 4.42. The summed E-state index contributed by atoms with van der Waals surface area (Å²) in [6, 6.07) is 7.37. The molecule has 0 spiro atoms. The molecule has 1 N–H and O–H groups in total. The summed E-state index contributed by atoms with van der Waals surface area (Å²) >= 11 is 0. The van der Waals surface area contributed by atoms with Gasteiger partial charge in [0, 0.05) is 0 Å². The maximum atomic E-state index is 8.92. The van der Waals surface area contributed by atoms with Crippen molar-refractivity contribution >= 4 is 6.29 Å². The highest BCUT2D eigenvalue weighted by atomic mass is 16.3. The van der Waals surface area contributed by atoms with Gasteiger partial charge in [-0.15, -0.1) is 0 Å². The maximum absolute atomic E-state index is 8.92. The third-order valence-electron chi connectivity index (χ3n) is 1.48. The van der Waals surface area contributed by atoms with E-state index in [4.69, 9.17) is 9.90 Å². The fourth-order valence-corrected chi connectivity index (χ4v) is 0.951. The summed E-state index contributed by atoms with van der Waals surface area (Å²) in [5.74, 6) is 0.347. The van der Waals surface area contributed by atoms with E-state index in [1.165, 1.54) is 12.5 Å². The van der Waals surface area contributed by atoms with Crippen molar-refractivity contribution < 1.29 is 9.90 Å². The molecule has 13 heavy (non-hydrogen) atoms. The van der Waals surface area contributed by atoms with E-state index in [0.29, 0.717) is 5.75 Å². The number of carbonyl (C=O) groups is 1. The zero-order valence-corrected chi connectivity index (χ0v) is 8.16. The van der Waals surface area contributed by atoms with Crippen molar-refractivity contribution in [2.24, 2.45) is 0 Å². The summed E-state index contributed by atoms with van der Waals surface area (Å²) in [5.41, 5.74) is 1.29. The molecule has 1 rings (SSSR count). The van der Waals surface area contributed by atoms with Gasteiger partial charge in [-0.05, 0) is 31.0 Å². The van der Waals surface area contributed by atoms with Crippen molar-refractivity contribution in [3.05, 3.63) is 29.8 Å². The molecule has 0 aromatic heterocycles. The van der Waals surface area contributed by atoms with E-state index in [2.05, 4.69) is 6.92 Å². The van der Waals surface area contributed by atoms with Gasteiger partial charge in [-0.1, -0.05) is 25.5 Å². The lowest BCUT2D eigenvalue weighted by molar-refractivity contribution is -0.106. The molecule has 0 unspecified atom stereocenters. The molecule has 0 amide bonds. The third-order valence-corrected chi connectivity index (χ3v) is 1.48. The van der Waals surface area contributed by atoms with Gasteiger partial charge in [0.05, 0.1) is 0 Å². The van der Waals surface area contributed by atoms with Gasteiger partial charge in [-0.25, -0.2) is 0 Å². The lowest BCUT2D eigenvalue weighted by Crippen LogP contribution is -1.79. The Bertz CT molecular complexity index is 226. The summed E-state index contributed by atoms with van der Waals surface area (Å²) in [7, 11) is 0. The van der Waals surface area contributed by atoms with Crippen molar-refractivity contribution in [2.75, 3.05) is 0 Å². The Balaban J connectivity index is 0.000000424. The van der Waals surface area contributed by atoms with E-state index in [-0.39, 0.29) is 0 Å². The lowest BCUT2D eigenvalue weighted by atomic mass is 10.1. The van der Waals surface area contributed by atoms with Crippen molar-refractivity contribution in [3.8, 4) is 5.75 Å². The molecular weight excluding hydrogens is 164 g/mol. The van der Waals surface area contributed by atoms with Crippen LogP contribution in [0.4, 0.5) is 0 Å². The van der Waals surface area contributed by atoms with Crippen LogP contribution in [0.5, 0.6) is 5.75 Å². The van der Waals surface area contributed by atoms with E-state index in [0.717, 1.165) is 19.1 Å². The van der Waals surface area contributed by atoms with Gasteiger partial charge >= 0.3 is 0 Å². The quantitative estimate of drug-likeness (QED) is 0.710. The van der Waals surface area contributed by atoms with Crippen molar-refractivity contribution in [1.82, 2.24) is 0 Å². The van der Waals surface area contributed by atoms with Gasteiger partial charge < -0.3 is 9.90 Å². The second-order valence-electron chi connectivity index (χ2n) is 2.65. The normalized spacial score (nSPS) is 8.46. The number of phenols is 1. The monoisotopic (exact) mass is 180 g/mol. The minimum Gasteiger partial charge on any atom is -0.508 e. The largest absolute Gasteiger partial charge is 0.508 e. The second kappa shape index (κ2) is 7.35. The first-order valence-corrected chi connectivity index (χ1v) is 4.42. The predicted octanol–water partition coefficient (Wildman–Crippen LogP) is 2.55. The molecular formula is C11H16O2. The summed E-state index contributed by atoms with van der Waals surface area (Å²) in [6.07, 6.45) is 3.01. The number of hydrogen-bond donors (Lipinski definition) is 1. The average molecular weight is 180 g/mol. The molecule has 2 nitrogen and oxygen atoms in total. The number of carbonyl (C=O) groups excluding carboxylic acids is 1. The van der Waals surface area contributed by atoms with Crippen LogP contribution in [0.25, 0.3) is 0 Å².